The van der Waals surface area contributed by atoms with Crippen molar-refractivity contribution in [1.82, 2.24) is 0 Å². The predicted octanol–water partition coefficient (Wildman–Crippen LogP) is 4.50. The predicted molar refractivity (Wildman–Crippen MR) is 64.2 cm³/mol. The van der Waals surface area contributed by atoms with Gasteiger partial charge in [0, 0.05) is 10.8 Å². The fourth-order valence-corrected chi connectivity index (χ4v) is 1.87. The maximum Gasteiger partial charge on any atom is 0.00105 e. The summed E-state index contributed by atoms with van der Waals surface area (Å²) in [6, 6.07) is 0. The van der Waals surface area contributed by atoms with Crippen molar-refractivity contribution in [3.63, 3.8) is 0 Å². The molecule has 0 aromatic heterocycles. The molecule has 1 aliphatic rings. The maximum absolute atomic E-state index is 2.34. The lowest BCUT2D eigenvalue weighted by atomic mass is 9.80. The molecule has 0 nitrogen and oxygen atoms in total. The van der Waals surface area contributed by atoms with Gasteiger partial charge in [0.05, 0.1) is 0 Å². The summed E-state index contributed by atoms with van der Waals surface area (Å²) in [6.45, 7) is 13.4. The van der Waals surface area contributed by atoms with Crippen LogP contribution in [-0.4, -0.2) is 0 Å². The first-order chi connectivity index (χ1) is 6.22. The van der Waals surface area contributed by atoms with Crippen LogP contribution in [0.2, 0.25) is 0 Å². The van der Waals surface area contributed by atoms with Crippen LogP contribution in [0.4, 0.5) is 0 Å². The van der Waals surface area contributed by atoms with Crippen molar-refractivity contribution < 1.29 is 0 Å². The Morgan fingerprint density at radius 1 is 0.714 bits per heavy atom. The quantitative estimate of drug-likeness (QED) is 0.493. The minimum absolute atomic E-state index is 0.177. The van der Waals surface area contributed by atoms with E-state index in [4.69, 9.17) is 0 Å². The Morgan fingerprint density at radius 3 is 1.29 bits per heavy atom. The van der Waals surface area contributed by atoms with Crippen LogP contribution >= 0.6 is 0 Å². The molecular formula is C14H22. The molecule has 14 heavy (non-hydrogen) atoms. The fourth-order valence-electron chi connectivity index (χ4n) is 1.87. The smallest absolute Gasteiger partial charge is 0.00105 e. The Labute approximate surface area is 88.4 Å². The zero-order valence-electron chi connectivity index (χ0n) is 10.3. The second-order valence-electron chi connectivity index (χ2n) is 5.63. The minimum atomic E-state index is 0.177. The summed E-state index contributed by atoms with van der Waals surface area (Å²) in [4.78, 5) is 0. The highest BCUT2D eigenvalue weighted by atomic mass is 14.2. The molecule has 0 fully saturated rings. The Bertz CT molecular complexity index is 277. The third kappa shape index (κ3) is 2.87. The lowest BCUT2D eigenvalue weighted by Crippen LogP contribution is -2.12. The molecule has 0 radical (unpaired) electrons. The van der Waals surface area contributed by atoms with E-state index in [1.54, 1.807) is 0 Å². The molecule has 0 spiro atoms. The number of allylic oxidation sites excluding steroid dienone is 6. The second-order valence-corrected chi connectivity index (χ2v) is 5.63. The molecular weight excluding hydrogens is 168 g/mol. The van der Waals surface area contributed by atoms with Crippen molar-refractivity contribution in [3.05, 3.63) is 35.5 Å². The van der Waals surface area contributed by atoms with Crippen molar-refractivity contribution in [3.8, 4) is 0 Å². The van der Waals surface area contributed by atoms with Gasteiger partial charge in [-0.15, -0.1) is 0 Å². The van der Waals surface area contributed by atoms with E-state index >= 15 is 0 Å². The Morgan fingerprint density at radius 2 is 1.00 bits per heavy atom. The Balaban J connectivity index is 3.24. The summed E-state index contributed by atoms with van der Waals surface area (Å²) in [7, 11) is 0. The van der Waals surface area contributed by atoms with Gasteiger partial charge >= 0.3 is 0 Å². The molecule has 78 valence electrons. The molecule has 0 atom stereocenters. The van der Waals surface area contributed by atoms with E-state index in [2.05, 4.69) is 65.8 Å². The van der Waals surface area contributed by atoms with Crippen LogP contribution in [0.3, 0.4) is 0 Å². The molecule has 0 aromatic carbocycles. The topological polar surface area (TPSA) is 0 Å². The van der Waals surface area contributed by atoms with Crippen molar-refractivity contribution in [2.45, 2.75) is 41.5 Å². The van der Waals surface area contributed by atoms with Crippen LogP contribution in [0.15, 0.2) is 35.5 Å². The van der Waals surface area contributed by atoms with Crippen molar-refractivity contribution in [2.75, 3.05) is 0 Å². The maximum atomic E-state index is 2.34. The minimum Gasteiger partial charge on any atom is -0.0782 e. The van der Waals surface area contributed by atoms with Crippen molar-refractivity contribution in [1.29, 1.82) is 0 Å². The molecule has 0 heterocycles. The van der Waals surface area contributed by atoms with Crippen LogP contribution in [0, 0.1) is 10.8 Å². The highest BCUT2D eigenvalue weighted by Crippen LogP contribution is 2.32. The molecule has 0 N–H and O–H groups in total. The van der Waals surface area contributed by atoms with E-state index in [1.807, 2.05) is 0 Å². The largest absolute Gasteiger partial charge is 0.0782 e. The van der Waals surface area contributed by atoms with E-state index in [0.29, 0.717) is 0 Å². The Kier molecular flexibility index (Phi) is 2.76. The van der Waals surface area contributed by atoms with Crippen LogP contribution in [0.1, 0.15) is 41.5 Å². The Hall–Kier alpha value is -0.780. The molecule has 0 saturated heterocycles. The van der Waals surface area contributed by atoms with Crippen LogP contribution in [0.25, 0.3) is 0 Å². The van der Waals surface area contributed by atoms with Crippen LogP contribution < -0.4 is 0 Å². The van der Waals surface area contributed by atoms with Gasteiger partial charge < -0.3 is 0 Å². The van der Waals surface area contributed by atoms with E-state index in [0.717, 1.165) is 0 Å². The summed E-state index contributed by atoms with van der Waals surface area (Å²) in [5.74, 6) is 0. The zero-order valence-corrected chi connectivity index (χ0v) is 10.3. The molecule has 0 aliphatic heterocycles. The van der Waals surface area contributed by atoms with E-state index < -0.39 is 0 Å². The third-order valence-corrected chi connectivity index (χ3v) is 2.74. The van der Waals surface area contributed by atoms with Gasteiger partial charge in [-0.05, 0) is 13.8 Å². The van der Waals surface area contributed by atoms with Crippen molar-refractivity contribution >= 4 is 0 Å². The van der Waals surface area contributed by atoms with Crippen LogP contribution in [-0.2, 0) is 0 Å². The first kappa shape index (κ1) is 11.3. The third-order valence-electron chi connectivity index (χ3n) is 2.74. The van der Waals surface area contributed by atoms with Gasteiger partial charge in [-0.3, -0.25) is 0 Å². The van der Waals surface area contributed by atoms with Gasteiger partial charge in [0.1, 0.15) is 0 Å². The highest BCUT2D eigenvalue weighted by molar-refractivity contribution is 5.35. The van der Waals surface area contributed by atoms with Gasteiger partial charge in [-0.2, -0.15) is 0 Å². The molecule has 1 rings (SSSR count). The van der Waals surface area contributed by atoms with Crippen molar-refractivity contribution in [2.24, 2.45) is 10.8 Å². The van der Waals surface area contributed by atoms with E-state index in [-0.39, 0.29) is 10.8 Å². The average Bonchev–Trinajstić information content (AvgIpc) is 1.98. The van der Waals surface area contributed by atoms with Gasteiger partial charge in [0.2, 0.25) is 0 Å². The normalized spacial score (nSPS) is 34.4. The lowest BCUT2D eigenvalue weighted by molar-refractivity contribution is 0.569. The van der Waals surface area contributed by atoms with Crippen LogP contribution in [0.5, 0.6) is 0 Å². The fraction of sp³-hybridized carbons (Fsp3) is 0.571. The molecule has 0 unspecified atom stereocenters. The molecule has 0 saturated carbocycles. The summed E-state index contributed by atoms with van der Waals surface area (Å²) in [6.07, 6.45) is 9.29. The number of hydrogen-bond acceptors (Lipinski definition) is 0. The van der Waals surface area contributed by atoms with Gasteiger partial charge in [0.25, 0.3) is 0 Å². The first-order valence-electron chi connectivity index (χ1n) is 5.32. The number of hydrogen-bond donors (Lipinski definition) is 0. The average molecular weight is 190 g/mol. The summed E-state index contributed by atoms with van der Waals surface area (Å²) in [5, 5.41) is 0. The first-order valence-corrected chi connectivity index (χ1v) is 5.32. The lowest BCUT2D eigenvalue weighted by Gasteiger charge is -2.25. The van der Waals surface area contributed by atoms with E-state index in [9.17, 15) is 0 Å². The molecule has 1 aliphatic carbocycles. The standard InChI is InChI=1S/C14H22/c1-11-9-13(3,4)7-8-14(5,6)10-12(11)2/h7-10H,1-6H3/b8-7-,11-9-,12-10-. The zero-order chi connectivity index (χ0) is 11.0. The number of rotatable bonds is 0. The van der Waals surface area contributed by atoms with Gasteiger partial charge in [0.15, 0.2) is 0 Å². The monoisotopic (exact) mass is 190 g/mol. The van der Waals surface area contributed by atoms with Gasteiger partial charge in [-0.25, -0.2) is 0 Å². The summed E-state index contributed by atoms with van der Waals surface area (Å²) < 4.78 is 0. The SMILES string of the molecule is CC1=C/C(C)(C)/C=C\C(C)(C)/C=C\1C. The summed E-state index contributed by atoms with van der Waals surface area (Å²) in [5.41, 5.74) is 3.15. The van der Waals surface area contributed by atoms with E-state index in [1.165, 1.54) is 11.1 Å². The highest BCUT2D eigenvalue weighted by Gasteiger charge is 2.18. The molecule has 0 heteroatoms. The second kappa shape index (κ2) is 3.42. The molecule has 0 aromatic rings. The molecule has 0 bridgehead atoms. The molecule has 0 amide bonds. The summed E-state index contributed by atoms with van der Waals surface area (Å²) >= 11 is 0. The van der Waals surface area contributed by atoms with Gasteiger partial charge in [-0.1, -0.05) is 63.1 Å².